The van der Waals surface area contributed by atoms with Gasteiger partial charge >= 0.3 is 0 Å². The average molecular weight is 346 g/mol. The van der Waals surface area contributed by atoms with Gasteiger partial charge in [0.2, 0.25) is 0 Å². The Balaban J connectivity index is 1.74. The number of hydrogen-bond acceptors (Lipinski definition) is 2. The first-order valence-corrected chi connectivity index (χ1v) is 7.21. The largest absolute Gasteiger partial charge is 0.375 e. The first-order valence-electron chi connectivity index (χ1n) is 6.33. The van der Waals surface area contributed by atoms with Gasteiger partial charge < -0.3 is 7.80 Å². The van der Waals surface area contributed by atoms with Crippen molar-refractivity contribution < 1.29 is 7.80 Å². The summed E-state index contributed by atoms with van der Waals surface area (Å²) in [5, 5.41) is 0. The molecule has 0 unspecified atom stereocenters. The van der Waals surface area contributed by atoms with Crippen LogP contribution in [0, 0.1) is 0 Å². The summed E-state index contributed by atoms with van der Waals surface area (Å²) < 4.78 is 11.4. The Labute approximate surface area is 117 Å². The lowest BCUT2D eigenvalue weighted by Gasteiger charge is -2.29. The minimum absolute atomic E-state index is 0.292. The first kappa shape index (κ1) is 13.3. The van der Waals surface area contributed by atoms with E-state index in [0.29, 0.717) is 12.2 Å². The summed E-state index contributed by atoms with van der Waals surface area (Å²) in [5.74, 6) is 0. The number of halogens is 1. The van der Waals surface area contributed by atoms with E-state index in [9.17, 15) is 0 Å². The molecule has 2 rings (SSSR count). The third-order valence-electron chi connectivity index (χ3n) is 3.32. The lowest BCUT2D eigenvalue weighted by molar-refractivity contribution is -0.0317. The smallest absolute Gasteiger partial charge is 0.110 e. The van der Waals surface area contributed by atoms with Crippen LogP contribution in [0.15, 0.2) is 30.3 Å². The van der Waals surface area contributed by atoms with Crippen molar-refractivity contribution in [3.63, 3.8) is 0 Å². The Morgan fingerprint density at radius 1 is 1.06 bits per heavy atom. The van der Waals surface area contributed by atoms with Gasteiger partial charge in [-0.1, -0.05) is 43.2 Å². The molecule has 1 aromatic rings. The van der Waals surface area contributed by atoms with Gasteiger partial charge in [0.1, 0.15) is 23.0 Å². The molecule has 0 heterocycles. The van der Waals surface area contributed by atoms with Gasteiger partial charge in [-0.25, -0.2) is 0 Å². The summed E-state index contributed by atoms with van der Waals surface area (Å²) in [6.45, 7) is 0.797. The third-order valence-corrected chi connectivity index (χ3v) is 3.98. The molecule has 0 spiro atoms. The third kappa shape index (κ3) is 4.23. The van der Waals surface area contributed by atoms with Crippen LogP contribution in [0.3, 0.4) is 0 Å². The fourth-order valence-electron chi connectivity index (χ4n) is 2.33. The van der Waals surface area contributed by atoms with Gasteiger partial charge in [0, 0.05) is 0 Å². The number of benzene rings is 1. The summed E-state index contributed by atoms with van der Waals surface area (Å²) in [6.07, 6.45) is 6.40. The molecule has 0 aliphatic heterocycles. The highest BCUT2D eigenvalue weighted by molar-refractivity contribution is 14.1. The van der Waals surface area contributed by atoms with E-state index in [4.69, 9.17) is 7.80 Å². The van der Waals surface area contributed by atoms with Crippen molar-refractivity contribution in [2.24, 2.45) is 0 Å². The zero-order valence-electron chi connectivity index (χ0n) is 9.98. The van der Waals surface area contributed by atoms with Crippen molar-refractivity contribution in [3.8, 4) is 0 Å². The SMILES string of the molecule is IO[C@@H]1CCCC[C@@H]1OCCc1ccccc1. The molecular formula is C14H19IO2. The van der Waals surface area contributed by atoms with E-state index in [1.165, 1.54) is 18.4 Å². The lowest BCUT2D eigenvalue weighted by atomic mass is 9.95. The molecule has 0 saturated heterocycles. The van der Waals surface area contributed by atoms with E-state index in [1.807, 2.05) is 29.1 Å². The van der Waals surface area contributed by atoms with Crippen molar-refractivity contribution in [2.45, 2.75) is 44.3 Å². The molecule has 0 aromatic heterocycles. The maximum atomic E-state index is 5.96. The van der Waals surface area contributed by atoms with Crippen LogP contribution in [0.5, 0.6) is 0 Å². The zero-order valence-corrected chi connectivity index (χ0v) is 12.1. The molecule has 1 fully saturated rings. The molecule has 1 aliphatic carbocycles. The standard InChI is InChI=1S/C14H19IO2/c15-17-14-9-5-4-8-13(14)16-11-10-12-6-2-1-3-7-12/h1-3,6-7,13-14H,4-5,8-11H2/t13-,14+/m0/s1. The molecule has 2 atom stereocenters. The molecule has 0 radical (unpaired) electrons. The molecule has 1 saturated carbocycles. The van der Waals surface area contributed by atoms with Gasteiger partial charge in [-0.15, -0.1) is 0 Å². The van der Waals surface area contributed by atoms with E-state index in [2.05, 4.69) is 24.3 Å². The molecule has 0 amide bonds. The molecular weight excluding hydrogens is 327 g/mol. The summed E-state index contributed by atoms with van der Waals surface area (Å²) in [4.78, 5) is 0. The highest BCUT2D eigenvalue weighted by atomic mass is 127. The number of rotatable bonds is 5. The highest BCUT2D eigenvalue weighted by Crippen LogP contribution is 2.25. The van der Waals surface area contributed by atoms with Gasteiger partial charge in [-0.2, -0.15) is 0 Å². The average Bonchev–Trinajstić information content (AvgIpc) is 2.40. The van der Waals surface area contributed by atoms with Crippen LogP contribution in [-0.4, -0.2) is 18.8 Å². The normalized spacial score (nSPS) is 24.8. The van der Waals surface area contributed by atoms with Gasteiger partial charge in [0.25, 0.3) is 0 Å². The topological polar surface area (TPSA) is 18.5 Å². The quantitative estimate of drug-likeness (QED) is 0.753. The van der Waals surface area contributed by atoms with Gasteiger partial charge in [-0.05, 0) is 24.8 Å². The Morgan fingerprint density at radius 3 is 2.47 bits per heavy atom. The predicted octanol–water partition coefficient (Wildman–Crippen LogP) is 3.92. The molecule has 94 valence electrons. The van der Waals surface area contributed by atoms with E-state index in [0.717, 1.165) is 25.9 Å². The van der Waals surface area contributed by atoms with Crippen molar-refractivity contribution in [2.75, 3.05) is 6.61 Å². The Bertz CT molecular complexity index is 315. The molecule has 0 N–H and O–H groups in total. The van der Waals surface area contributed by atoms with Crippen molar-refractivity contribution >= 4 is 23.0 Å². The van der Waals surface area contributed by atoms with E-state index in [-0.39, 0.29) is 0 Å². The Hall–Kier alpha value is -0.130. The fraction of sp³-hybridized carbons (Fsp3) is 0.571. The van der Waals surface area contributed by atoms with Crippen LogP contribution >= 0.6 is 23.0 Å². The summed E-state index contributed by atoms with van der Waals surface area (Å²) in [5.41, 5.74) is 1.34. The van der Waals surface area contributed by atoms with Crippen molar-refractivity contribution in [3.05, 3.63) is 35.9 Å². The van der Waals surface area contributed by atoms with Crippen LogP contribution < -0.4 is 0 Å². The number of hydrogen-bond donors (Lipinski definition) is 0. The second-order valence-electron chi connectivity index (χ2n) is 4.56. The molecule has 1 aromatic carbocycles. The van der Waals surface area contributed by atoms with Crippen LogP contribution in [-0.2, 0) is 14.2 Å². The van der Waals surface area contributed by atoms with Gasteiger partial charge in [-0.3, -0.25) is 0 Å². The molecule has 0 bridgehead atoms. The lowest BCUT2D eigenvalue weighted by Crippen LogP contribution is -2.33. The second-order valence-corrected chi connectivity index (χ2v) is 5.07. The van der Waals surface area contributed by atoms with Crippen molar-refractivity contribution in [1.29, 1.82) is 0 Å². The first-order chi connectivity index (χ1) is 8.40. The van der Waals surface area contributed by atoms with Gasteiger partial charge in [0.15, 0.2) is 0 Å². The summed E-state index contributed by atoms with van der Waals surface area (Å²) in [6, 6.07) is 10.5. The van der Waals surface area contributed by atoms with Gasteiger partial charge in [0.05, 0.1) is 18.8 Å². The zero-order chi connectivity index (χ0) is 11.9. The Morgan fingerprint density at radius 2 is 1.76 bits per heavy atom. The van der Waals surface area contributed by atoms with Crippen LogP contribution in [0.1, 0.15) is 31.2 Å². The van der Waals surface area contributed by atoms with E-state index >= 15 is 0 Å². The maximum absolute atomic E-state index is 5.96. The van der Waals surface area contributed by atoms with Crippen LogP contribution in [0.2, 0.25) is 0 Å². The van der Waals surface area contributed by atoms with E-state index in [1.54, 1.807) is 0 Å². The van der Waals surface area contributed by atoms with Crippen LogP contribution in [0.25, 0.3) is 0 Å². The molecule has 1 aliphatic rings. The minimum Gasteiger partial charge on any atom is -0.375 e. The summed E-state index contributed by atoms with van der Waals surface area (Å²) >= 11 is 2.01. The summed E-state index contributed by atoms with van der Waals surface area (Å²) in [7, 11) is 0. The second kappa shape index (κ2) is 7.34. The van der Waals surface area contributed by atoms with Crippen molar-refractivity contribution in [1.82, 2.24) is 0 Å². The Kier molecular flexibility index (Phi) is 5.74. The highest BCUT2D eigenvalue weighted by Gasteiger charge is 2.25. The molecule has 3 heteroatoms. The number of ether oxygens (including phenoxy) is 1. The monoisotopic (exact) mass is 346 g/mol. The fourth-order valence-corrected chi connectivity index (χ4v) is 2.91. The van der Waals surface area contributed by atoms with Crippen LogP contribution in [0.4, 0.5) is 0 Å². The maximum Gasteiger partial charge on any atom is 0.110 e. The predicted molar refractivity (Wildman–Crippen MR) is 77.2 cm³/mol. The molecule has 2 nitrogen and oxygen atoms in total. The van der Waals surface area contributed by atoms with E-state index < -0.39 is 0 Å². The molecule has 17 heavy (non-hydrogen) atoms. The minimum atomic E-state index is 0.292.